The largest absolute Gasteiger partial charge is 0.436 e. The van der Waals surface area contributed by atoms with E-state index in [2.05, 4.69) is 177 Å². The van der Waals surface area contributed by atoms with E-state index in [-0.39, 0.29) is 0 Å². The lowest BCUT2D eigenvalue weighted by atomic mass is 9.87. The van der Waals surface area contributed by atoms with Crippen LogP contribution in [0.3, 0.4) is 0 Å². The van der Waals surface area contributed by atoms with E-state index in [1.807, 2.05) is 36.4 Å². The molecule has 0 aliphatic rings. The van der Waals surface area contributed by atoms with E-state index in [1.165, 1.54) is 31.2 Å². The number of nitrogens with one attached hydrogen (secondary N) is 1. The third kappa shape index (κ3) is 7.64. The van der Waals surface area contributed by atoms with Gasteiger partial charge in [0.05, 0.1) is 11.0 Å². The summed E-state index contributed by atoms with van der Waals surface area (Å²) in [6, 6.07) is 69.0. The fourth-order valence-corrected chi connectivity index (χ4v) is 10.9. The summed E-state index contributed by atoms with van der Waals surface area (Å²) in [5, 5.41) is 6.68. The SMILES string of the molecule is CCCCC(CC)Cc1ccc2nc(-c3ccc(-c4cc(-c5ccc(-c6nc7ccccc7[nH]6)c6ccccc56)cc(-c5ccc(-c6nc7ccccc7o6)c6ccccc56)c4)c4ccccc34)oc2c1. The maximum Gasteiger partial charge on any atom is 0.227 e. The minimum atomic E-state index is 0.609. The summed E-state index contributed by atoms with van der Waals surface area (Å²) >= 11 is 0. The number of rotatable bonds is 12. The average Bonchev–Trinajstić information content (AvgIpc) is 4.18. The van der Waals surface area contributed by atoms with Crippen molar-refractivity contribution in [3.8, 4) is 67.7 Å². The molecule has 0 radical (unpaired) electrons. The van der Waals surface area contributed by atoms with Gasteiger partial charge in [-0.25, -0.2) is 15.0 Å². The number of aromatic nitrogens is 4. The number of para-hydroxylation sites is 4. The maximum absolute atomic E-state index is 6.67. The molecule has 0 saturated carbocycles. The minimum absolute atomic E-state index is 0.609. The number of imidazole rings is 1. The standard InChI is InChI=1S/C65H50N4O2/c1-3-5-16-40(4-2)35-41-27-34-60-62(36-41)71-65(69-60)56-33-30-47(50-19-8-11-22-53(50)56)44-38-42(45-28-31-54(51-20-9-6-17-48(45)51)63-66-57-23-12-13-24-58(57)67-63)37-43(39-44)46-29-32-55(52-21-10-7-18-49(46)52)64-68-59-25-14-15-26-61(59)70-64/h6-15,17-34,36-40H,3-5,16,35H2,1-2H3,(H,66,67). The van der Waals surface area contributed by atoms with Gasteiger partial charge in [0.2, 0.25) is 11.8 Å². The van der Waals surface area contributed by atoms with Gasteiger partial charge in [-0.05, 0) is 156 Å². The highest BCUT2D eigenvalue weighted by molar-refractivity contribution is 6.10. The van der Waals surface area contributed by atoms with Gasteiger partial charge >= 0.3 is 0 Å². The van der Waals surface area contributed by atoms with Crippen LogP contribution in [-0.2, 0) is 6.42 Å². The summed E-state index contributed by atoms with van der Waals surface area (Å²) in [5.74, 6) is 2.77. The van der Waals surface area contributed by atoms with Crippen LogP contribution in [0.4, 0.5) is 0 Å². The Hall–Kier alpha value is -8.61. The molecule has 13 rings (SSSR count). The second-order valence-electron chi connectivity index (χ2n) is 18.9. The molecular weight excluding hydrogens is 869 g/mol. The molecule has 0 spiro atoms. The molecule has 13 aromatic rings. The highest BCUT2D eigenvalue weighted by Crippen LogP contribution is 2.44. The number of aromatic amines is 1. The summed E-state index contributed by atoms with van der Waals surface area (Å²) < 4.78 is 13.0. The number of benzene rings is 10. The number of fused-ring (bicyclic) bond motifs is 6. The Morgan fingerprint density at radius 2 is 0.887 bits per heavy atom. The van der Waals surface area contributed by atoms with Crippen molar-refractivity contribution in [2.45, 2.75) is 46.0 Å². The highest BCUT2D eigenvalue weighted by atomic mass is 16.4. The number of hydrogen-bond acceptors (Lipinski definition) is 5. The third-order valence-electron chi connectivity index (χ3n) is 14.6. The molecule has 10 aromatic carbocycles. The molecule has 0 amide bonds. The van der Waals surface area contributed by atoms with Crippen molar-refractivity contribution in [1.82, 2.24) is 19.9 Å². The number of unbranched alkanes of at least 4 members (excludes halogenated alkanes) is 1. The number of nitrogens with zero attached hydrogens (tertiary/aromatic N) is 3. The van der Waals surface area contributed by atoms with Crippen molar-refractivity contribution in [3.63, 3.8) is 0 Å². The first kappa shape index (κ1) is 42.5. The highest BCUT2D eigenvalue weighted by Gasteiger charge is 2.21. The predicted octanol–water partition coefficient (Wildman–Crippen LogP) is 18.1. The quantitative estimate of drug-likeness (QED) is 0.132. The molecular formula is C65H50N4O2. The van der Waals surface area contributed by atoms with Gasteiger partial charge in [-0.2, -0.15) is 0 Å². The zero-order valence-electron chi connectivity index (χ0n) is 39.7. The van der Waals surface area contributed by atoms with Gasteiger partial charge in [-0.15, -0.1) is 0 Å². The topological polar surface area (TPSA) is 80.7 Å². The Labute approximate surface area is 411 Å². The first-order valence-electron chi connectivity index (χ1n) is 25.0. The molecule has 6 heteroatoms. The molecule has 3 heterocycles. The van der Waals surface area contributed by atoms with Crippen molar-refractivity contribution < 1.29 is 8.83 Å². The summed E-state index contributed by atoms with van der Waals surface area (Å²) in [6.07, 6.45) is 5.99. The third-order valence-corrected chi connectivity index (χ3v) is 14.6. The normalized spacial score (nSPS) is 12.3. The van der Waals surface area contributed by atoms with Crippen LogP contribution in [0.5, 0.6) is 0 Å². The molecule has 1 N–H and O–H groups in total. The van der Waals surface area contributed by atoms with Gasteiger partial charge in [-0.3, -0.25) is 0 Å². The summed E-state index contributed by atoms with van der Waals surface area (Å²) in [7, 11) is 0. The van der Waals surface area contributed by atoms with Crippen LogP contribution in [0, 0.1) is 5.92 Å². The lowest BCUT2D eigenvalue weighted by molar-refractivity contribution is 0.449. The molecule has 1 atom stereocenters. The molecule has 0 bridgehead atoms. The van der Waals surface area contributed by atoms with E-state index in [1.54, 1.807) is 0 Å². The molecule has 0 saturated heterocycles. The maximum atomic E-state index is 6.67. The van der Waals surface area contributed by atoms with Gasteiger partial charge in [0.1, 0.15) is 16.9 Å². The van der Waals surface area contributed by atoms with Gasteiger partial charge in [-0.1, -0.05) is 161 Å². The first-order valence-corrected chi connectivity index (χ1v) is 25.0. The Morgan fingerprint density at radius 1 is 0.423 bits per heavy atom. The Balaban J connectivity index is 0.978. The van der Waals surface area contributed by atoms with Crippen LogP contribution in [-0.4, -0.2) is 19.9 Å². The molecule has 0 fully saturated rings. The van der Waals surface area contributed by atoms with Crippen molar-refractivity contribution in [2.24, 2.45) is 5.92 Å². The molecule has 6 nitrogen and oxygen atoms in total. The molecule has 71 heavy (non-hydrogen) atoms. The summed E-state index contributed by atoms with van der Waals surface area (Å²) in [6.45, 7) is 4.58. The Kier molecular flexibility index (Phi) is 10.6. The van der Waals surface area contributed by atoms with E-state index in [0.29, 0.717) is 17.7 Å². The lowest BCUT2D eigenvalue weighted by Gasteiger charge is -2.17. The number of H-pyrrole nitrogens is 1. The molecule has 1 unspecified atom stereocenters. The molecule has 0 aliphatic carbocycles. The molecule has 3 aromatic heterocycles. The van der Waals surface area contributed by atoms with E-state index < -0.39 is 0 Å². The zero-order valence-corrected chi connectivity index (χ0v) is 39.7. The summed E-state index contributed by atoms with van der Waals surface area (Å²) in [5.41, 5.74) is 16.3. The Bertz CT molecular complexity index is 3910. The van der Waals surface area contributed by atoms with Crippen LogP contribution in [0.15, 0.2) is 203 Å². The first-order chi connectivity index (χ1) is 35.1. The van der Waals surface area contributed by atoms with E-state index in [4.69, 9.17) is 23.8 Å². The minimum Gasteiger partial charge on any atom is -0.436 e. The Morgan fingerprint density at radius 3 is 1.44 bits per heavy atom. The van der Waals surface area contributed by atoms with Crippen molar-refractivity contribution in [3.05, 3.63) is 200 Å². The fourth-order valence-electron chi connectivity index (χ4n) is 10.9. The van der Waals surface area contributed by atoms with E-state index in [9.17, 15) is 0 Å². The van der Waals surface area contributed by atoms with Crippen LogP contribution < -0.4 is 0 Å². The summed E-state index contributed by atoms with van der Waals surface area (Å²) in [4.78, 5) is 18.6. The van der Waals surface area contributed by atoms with Gasteiger partial charge in [0, 0.05) is 16.7 Å². The number of oxazole rings is 2. The smallest absolute Gasteiger partial charge is 0.227 e. The number of hydrogen-bond donors (Lipinski definition) is 1. The van der Waals surface area contributed by atoms with Crippen LogP contribution >= 0.6 is 0 Å². The average molecular weight is 919 g/mol. The van der Waals surface area contributed by atoms with Crippen molar-refractivity contribution in [2.75, 3.05) is 0 Å². The van der Waals surface area contributed by atoms with Crippen LogP contribution in [0.1, 0.15) is 45.1 Å². The second kappa shape index (κ2) is 17.7. The van der Waals surface area contributed by atoms with Gasteiger partial charge in [0.15, 0.2) is 11.2 Å². The predicted molar refractivity (Wildman–Crippen MR) is 293 cm³/mol. The van der Waals surface area contributed by atoms with Gasteiger partial charge < -0.3 is 13.8 Å². The van der Waals surface area contributed by atoms with Crippen molar-refractivity contribution in [1.29, 1.82) is 0 Å². The van der Waals surface area contributed by atoms with Crippen LogP contribution in [0.2, 0.25) is 0 Å². The van der Waals surface area contributed by atoms with Crippen molar-refractivity contribution >= 4 is 65.6 Å². The molecule has 0 aliphatic heterocycles. The van der Waals surface area contributed by atoms with E-state index >= 15 is 0 Å². The van der Waals surface area contributed by atoms with Gasteiger partial charge in [0.25, 0.3) is 0 Å². The zero-order chi connectivity index (χ0) is 47.4. The van der Waals surface area contributed by atoms with Crippen LogP contribution in [0.25, 0.3) is 133 Å². The second-order valence-corrected chi connectivity index (χ2v) is 18.9. The monoisotopic (exact) mass is 918 g/mol. The fraction of sp³-hybridized carbons (Fsp3) is 0.123. The molecule has 342 valence electrons. The lowest BCUT2D eigenvalue weighted by Crippen LogP contribution is -2.03. The van der Waals surface area contributed by atoms with E-state index in [0.717, 1.165) is 128 Å².